The Hall–Kier alpha value is -1.69. The van der Waals surface area contributed by atoms with Gasteiger partial charge in [0.15, 0.2) is 0 Å². The first kappa shape index (κ1) is 13.7. The van der Waals surface area contributed by atoms with Crippen molar-refractivity contribution in [1.29, 1.82) is 0 Å². The van der Waals surface area contributed by atoms with E-state index in [1.807, 2.05) is 13.8 Å². The van der Waals surface area contributed by atoms with Crippen molar-refractivity contribution < 1.29 is 4.79 Å². The Morgan fingerprint density at radius 3 is 2.74 bits per heavy atom. The van der Waals surface area contributed by atoms with Crippen molar-refractivity contribution in [2.45, 2.75) is 45.7 Å². The van der Waals surface area contributed by atoms with Gasteiger partial charge in [0.1, 0.15) is 5.82 Å². The molecular formula is C13H20N4O2. The molecule has 1 aliphatic rings. The Morgan fingerprint density at radius 1 is 1.42 bits per heavy atom. The largest absolute Gasteiger partial charge is 0.352 e. The minimum Gasteiger partial charge on any atom is -0.352 e. The number of rotatable bonds is 4. The van der Waals surface area contributed by atoms with Gasteiger partial charge >= 0.3 is 0 Å². The average Bonchev–Trinajstić information content (AvgIpc) is 2.71. The van der Waals surface area contributed by atoms with Crippen molar-refractivity contribution in [3.63, 3.8) is 0 Å². The lowest BCUT2D eigenvalue weighted by atomic mass is 10.1. The van der Waals surface area contributed by atoms with E-state index in [9.17, 15) is 9.59 Å². The molecule has 1 amide bonds. The van der Waals surface area contributed by atoms with E-state index in [1.165, 1.54) is 0 Å². The number of aryl methyl sites for hydroxylation is 2. The number of nitrogens with one attached hydrogen (secondary N) is 3. The van der Waals surface area contributed by atoms with E-state index in [1.54, 1.807) is 6.92 Å². The van der Waals surface area contributed by atoms with Gasteiger partial charge in [-0.3, -0.25) is 9.59 Å². The van der Waals surface area contributed by atoms with Gasteiger partial charge in [-0.2, -0.15) is 0 Å². The standard InChI is InChI=1S/C13H20N4O2/c1-7(14-6-10-4-5-11(18)17-10)12-8(2)15-9(3)16-13(12)19/h7,10,14H,4-6H2,1-3H3,(H,17,18)(H,15,16,19). The van der Waals surface area contributed by atoms with Gasteiger partial charge < -0.3 is 15.6 Å². The van der Waals surface area contributed by atoms with Crippen LogP contribution in [0.25, 0.3) is 0 Å². The maximum atomic E-state index is 11.9. The van der Waals surface area contributed by atoms with Crippen molar-refractivity contribution in [3.05, 3.63) is 27.4 Å². The van der Waals surface area contributed by atoms with Crippen LogP contribution in [0.2, 0.25) is 0 Å². The van der Waals surface area contributed by atoms with E-state index >= 15 is 0 Å². The third-order valence-electron chi connectivity index (χ3n) is 3.45. The highest BCUT2D eigenvalue weighted by Crippen LogP contribution is 2.12. The van der Waals surface area contributed by atoms with E-state index in [4.69, 9.17) is 0 Å². The number of carbonyl (C=O) groups excluding carboxylic acids is 1. The fourth-order valence-electron chi connectivity index (χ4n) is 2.50. The fraction of sp³-hybridized carbons (Fsp3) is 0.615. The van der Waals surface area contributed by atoms with Crippen molar-refractivity contribution in [2.24, 2.45) is 0 Å². The van der Waals surface area contributed by atoms with E-state index in [0.29, 0.717) is 24.4 Å². The second kappa shape index (κ2) is 5.52. The second-order valence-corrected chi connectivity index (χ2v) is 5.08. The molecule has 2 atom stereocenters. The first-order chi connectivity index (χ1) is 8.97. The number of carbonyl (C=O) groups is 1. The molecule has 0 saturated carbocycles. The zero-order chi connectivity index (χ0) is 14.0. The lowest BCUT2D eigenvalue weighted by Gasteiger charge is -2.18. The molecular weight excluding hydrogens is 244 g/mol. The number of hydrogen-bond acceptors (Lipinski definition) is 4. The van der Waals surface area contributed by atoms with Gasteiger partial charge in [-0.15, -0.1) is 0 Å². The Morgan fingerprint density at radius 2 is 2.16 bits per heavy atom. The van der Waals surface area contributed by atoms with Gasteiger partial charge in [-0.25, -0.2) is 4.98 Å². The number of nitrogens with zero attached hydrogens (tertiary/aromatic N) is 1. The molecule has 1 aromatic heterocycles. The minimum absolute atomic E-state index is 0.0886. The van der Waals surface area contributed by atoms with E-state index in [0.717, 1.165) is 12.1 Å². The zero-order valence-electron chi connectivity index (χ0n) is 11.5. The molecule has 6 heteroatoms. The summed E-state index contributed by atoms with van der Waals surface area (Å²) in [6.45, 7) is 6.21. The normalized spacial score (nSPS) is 20.4. The summed E-state index contributed by atoms with van der Waals surface area (Å²) in [5, 5.41) is 6.18. The lowest BCUT2D eigenvalue weighted by Crippen LogP contribution is -2.38. The summed E-state index contributed by atoms with van der Waals surface area (Å²) >= 11 is 0. The van der Waals surface area contributed by atoms with Gasteiger partial charge in [-0.05, 0) is 27.2 Å². The summed E-state index contributed by atoms with van der Waals surface area (Å²) in [5.74, 6) is 0.729. The van der Waals surface area contributed by atoms with Crippen molar-refractivity contribution >= 4 is 5.91 Å². The topological polar surface area (TPSA) is 86.9 Å². The number of H-pyrrole nitrogens is 1. The highest BCUT2D eigenvalue weighted by atomic mass is 16.2. The number of aromatic amines is 1. The third-order valence-corrected chi connectivity index (χ3v) is 3.45. The monoisotopic (exact) mass is 264 g/mol. The molecule has 0 aromatic carbocycles. The highest BCUT2D eigenvalue weighted by molar-refractivity contribution is 5.78. The van der Waals surface area contributed by atoms with E-state index < -0.39 is 0 Å². The van der Waals surface area contributed by atoms with Crippen molar-refractivity contribution in [3.8, 4) is 0 Å². The molecule has 1 aliphatic heterocycles. The SMILES string of the molecule is Cc1nc(C)c(C(C)NCC2CCC(=O)N2)c(=O)[nH]1. The van der Waals surface area contributed by atoms with Gasteiger partial charge in [0.2, 0.25) is 5.91 Å². The van der Waals surface area contributed by atoms with Crippen LogP contribution in [-0.4, -0.2) is 28.5 Å². The summed E-state index contributed by atoms with van der Waals surface area (Å²) in [4.78, 5) is 30.1. The van der Waals surface area contributed by atoms with E-state index in [2.05, 4.69) is 20.6 Å². The van der Waals surface area contributed by atoms with Crippen LogP contribution in [0.15, 0.2) is 4.79 Å². The van der Waals surface area contributed by atoms with E-state index in [-0.39, 0.29) is 23.6 Å². The average molecular weight is 264 g/mol. The Bertz CT molecular complexity index is 538. The van der Waals surface area contributed by atoms with Gasteiger partial charge in [-0.1, -0.05) is 0 Å². The zero-order valence-corrected chi connectivity index (χ0v) is 11.5. The predicted molar refractivity (Wildman–Crippen MR) is 71.9 cm³/mol. The third kappa shape index (κ3) is 3.20. The molecule has 1 fully saturated rings. The summed E-state index contributed by atoms with van der Waals surface area (Å²) in [6.07, 6.45) is 1.44. The summed E-state index contributed by atoms with van der Waals surface area (Å²) in [7, 11) is 0. The Kier molecular flexibility index (Phi) is 3.99. The molecule has 2 unspecified atom stereocenters. The van der Waals surface area contributed by atoms with Crippen molar-refractivity contribution in [2.75, 3.05) is 6.54 Å². The highest BCUT2D eigenvalue weighted by Gasteiger charge is 2.22. The second-order valence-electron chi connectivity index (χ2n) is 5.08. The molecule has 0 aliphatic carbocycles. The molecule has 1 saturated heterocycles. The first-order valence-corrected chi connectivity index (χ1v) is 6.57. The summed E-state index contributed by atoms with van der Waals surface area (Å²) < 4.78 is 0. The number of hydrogen-bond donors (Lipinski definition) is 3. The lowest BCUT2D eigenvalue weighted by molar-refractivity contribution is -0.119. The molecule has 0 radical (unpaired) electrons. The first-order valence-electron chi connectivity index (χ1n) is 6.57. The van der Waals surface area contributed by atoms with Gasteiger partial charge in [0.05, 0.1) is 5.56 Å². The molecule has 3 N–H and O–H groups in total. The quantitative estimate of drug-likeness (QED) is 0.730. The molecule has 2 rings (SSSR count). The van der Waals surface area contributed by atoms with Crippen LogP contribution in [0.5, 0.6) is 0 Å². The maximum Gasteiger partial charge on any atom is 0.255 e. The minimum atomic E-state index is -0.0968. The molecule has 19 heavy (non-hydrogen) atoms. The molecule has 2 heterocycles. The van der Waals surface area contributed by atoms with Crippen LogP contribution in [0.4, 0.5) is 0 Å². The molecule has 0 bridgehead atoms. The Balaban J connectivity index is 2.02. The van der Waals surface area contributed by atoms with Crippen LogP contribution < -0.4 is 16.2 Å². The summed E-state index contributed by atoms with van der Waals surface area (Å²) in [5.41, 5.74) is 1.31. The molecule has 104 valence electrons. The smallest absolute Gasteiger partial charge is 0.255 e. The Labute approximate surface area is 112 Å². The van der Waals surface area contributed by atoms with Crippen LogP contribution in [0, 0.1) is 13.8 Å². The van der Waals surface area contributed by atoms with Gasteiger partial charge in [0.25, 0.3) is 5.56 Å². The number of aromatic nitrogens is 2. The molecule has 0 spiro atoms. The van der Waals surface area contributed by atoms with Crippen LogP contribution in [0.1, 0.15) is 42.9 Å². The van der Waals surface area contributed by atoms with Crippen molar-refractivity contribution in [1.82, 2.24) is 20.6 Å². The summed E-state index contributed by atoms with van der Waals surface area (Å²) in [6, 6.07) is 0.0714. The van der Waals surface area contributed by atoms with Gasteiger partial charge in [0, 0.05) is 30.7 Å². The molecule has 1 aromatic rings. The predicted octanol–water partition coefficient (Wildman–Crippen LogP) is 0.316. The fourth-order valence-corrected chi connectivity index (χ4v) is 2.50. The molecule has 6 nitrogen and oxygen atoms in total. The van der Waals surface area contributed by atoms with Crippen LogP contribution >= 0.6 is 0 Å². The maximum absolute atomic E-state index is 11.9. The van der Waals surface area contributed by atoms with Crippen LogP contribution in [0.3, 0.4) is 0 Å². The van der Waals surface area contributed by atoms with Crippen LogP contribution in [-0.2, 0) is 4.79 Å². The number of amides is 1.